The van der Waals surface area contributed by atoms with Crippen LogP contribution in [0.5, 0.6) is 11.5 Å². The summed E-state index contributed by atoms with van der Waals surface area (Å²) in [5.74, 6) is -0.0550. The molecule has 7 nitrogen and oxygen atoms in total. The number of nitrogens with one attached hydrogen (secondary N) is 1. The number of esters is 1. The van der Waals surface area contributed by atoms with Crippen molar-refractivity contribution >= 4 is 18.1 Å². The molecule has 0 aliphatic rings. The Balaban J connectivity index is 1.52. The number of amides is 1. The quantitative estimate of drug-likeness (QED) is 0.253. The number of nitrogens with zero attached hydrogens (tertiary/aromatic N) is 1. The van der Waals surface area contributed by atoms with Crippen molar-refractivity contribution in [3.63, 3.8) is 0 Å². The van der Waals surface area contributed by atoms with Crippen LogP contribution in [0.1, 0.15) is 34.5 Å². The summed E-state index contributed by atoms with van der Waals surface area (Å²) in [5, 5.41) is 13.8. The predicted molar refractivity (Wildman–Crippen MR) is 116 cm³/mol. The number of benzene rings is 3. The van der Waals surface area contributed by atoms with Gasteiger partial charge in [-0.1, -0.05) is 30.3 Å². The summed E-state index contributed by atoms with van der Waals surface area (Å²) < 4.78 is 10.7. The lowest BCUT2D eigenvalue weighted by Crippen LogP contribution is -2.25. The average molecular weight is 418 g/mol. The number of aliphatic hydroxyl groups excluding tert-OH is 1. The molecule has 1 atom stereocenters. The van der Waals surface area contributed by atoms with Gasteiger partial charge in [0, 0.05) is 0 Å². The molecule has 3 aromatic rings. The zero-order valence-electron chi connectivity index (χ0n) is 16.9. The van der Waals surface area contributed by atoms with Crippen molar-refractivity contribution < 1.29 is 24.2 Å². The smallest absolute Gasteiger partial charge is 0.343 e. The lowest BCUT2D eigenvalue weighted by Gasteiger charge is -2.08. The highest BCUT2D eigenvalue weighted by atomic mass is 16.5. The number of hydrogen-bond acceptors (Lipinski definition) is 6. The minimum atomic E-state index is -1.30. The first kappa shape index (κ1) is 21.7. The first-order chi connectivity index (χ1) is 15.1. The molecule has 31 heavy (non-hydrogen) atoms. The van der Waals surface area contributed by atoms with Crippen LogP contribution in [-0.2, 0) is 4.79 Å². The van der Waals surface area contributed by atoms with Gasteiger partial charge in [-0.3, -0.25) is 4.79 Å². The van der Waals surface area contributed by atoms with Crippen LogP contribution in [0.4, 0.5) is 0 Å². The van der Waals surface area contributed by atoms with Gasteiger partial charge in [0.05, 0.1) is 18.4 Å². The summed E-state index contributed by atoms with van der Waals surface area (Å²) in [6.07, 6.45) is 0.121. The largest absolute Gasteiger partial charge is 0.494 e. The Morgan fingerprint density at radius 2 is 1.61 bits per heavy atom. The van der Waals surface area contributed by atoms with E-state index >= 15 is 0 Å². The molecule has 0 aliphatic carbocycles. The van der Waals surface area contributed by atoms with E-state index in [9.17, 15) is 14.7 Å². The topological polar surface area (TPSA) is 97.2 Å². The standard InChI is InChI=1S/C24H22N2O5/c1-2-30-20-14-10-19(11-15-20)24(29)31-21-12-8-17(9-13-21)16-25-26-23(28)22(27)18-6-4-3-5-7-18/h3-16,22,27H,2H2,1H3,(H,26,28)/b25-16-/t22-/m1/s1. The van der Waals surface area contributed by atoms with Gasteiger partial charge in [-0.2, -0.15) is 5.10 Å². The number of aliphatic hydroxyl groups is 1. The number of rotatable bonds is 8. The van der Waals surface area contributed by atoms with Gasteiger partial charge in [0.25, 0.3) is 5.91 Å². The van der Waals surface area contributed by atoms with E-state index in [0.29, 0.717) is 34.8 Å². The number of carbonyl (C=O) groups excluding carboxylic acids is 2. The van der Waals surface area contributed by atoms with Crippen LogP contribution in [0.15, 0.2) is 84.0 Å². The van der Waals surface area contributed by atoms with E-state index in [2.05, 4.69) is 10.5 Å². The molecular formula is C24H22N2O5. The van der Waals surface area contributed by atoms with Crippen molar-refractivity contribution in [3.8, 4) is 11.5 Å². The SMILES string of the molecule is CCOc1ccc(C(=O)Oc2ccc(/C=N\NC(=O)[C@H](O)c3ccccc3)cc2)cc1. The third kappa shape index (κ3) is 6.25. The van der Waals surface area contributed by atoms with Gasteiger partial charge in [-0.25, -0.2) is 10.2 Å². The molecule has 7 heteroatoms. The van der Waals surface area contributed by atoms with Gasteiger partial charge in [-0.05, 0) is 66.6 Å². The lowest BCUT2D eigenvalue weighted by atomic mass is 10.1. The first-order valence-corrected chi connectivity index (χ1v) is 9.68. The molecule has 0 heterocycles. The second-order valence-corrected chi connectivity index (χ2v) is 6.46. The van der Waals surface area contributed by atoms with Gasteiger partial charge in [0.1, 0.15) is 11.5 Å². The van der Waals surface area contributed by atoms with Crippen LogP contribution in [-0.4, -0.2) is 29.8 Å². The van der Waals surface area contributed by atoms with Crippen LogP contribution in [0, 0.1) is 0 Å². The van der Waals surface area contributed by atoms with Gasteiger partial charge < -0.3 is 14.6 Å². The molecule has 0 aromatic heterocycles. The van der Waals surface area contributed by atoms with E-state index < -0.39 is 18.0 Å². The van der Waals surface area contributed by atoms with Crippen molar-refractivity contribution in [1.82, 2.24) is 5.43 Å². The van der Waals surface area contributed by atoms with Crippen LogP contribution in [0.2, 0.25) is 0 Å². The lowest BCUT2D eigenvalue weighted by molar-refractivity contribution is -0.129. The maximum atomic E-state index is 12.2. The fourth-order valence-corrected chi connectivity index (χ4v) is 2.66. The van der Waals surface area contributed by atoms with E-state index in [1.807, 2.05) is 6.92 Å². The molecule has 0 spiro atoms. The summed E-state index contributed by atoms with van der Waals surface area (Å²) in [6.45, 7) is 2.44. The molecule has 3 rings (SSSR count). The zero-order valence-corrected chi connectivity index (χ0v) is 16.9. The zero-order chi connectivity index (χ0) is 22.1. The third-order valence-electron chi connectivity index (χ3n) is 4.24. The minimum Gasteiger partial charge on any atom is -0.494 e. The fraction of sp³-hybridized carbons (Fsp3) is 0.125. The summed E-state index contributed by atoms with van der Waals surface area (Å²) in [4.78, 5) is 24.2. The molecule has 0 saturated heterocycles. The van der Waals surface area contributed by atoms with E-state index in [1.165, 1.54) is 6.21 Å². The monoisotopic (exact) mass is 418 g/mol. The second kappa shape index (κ2) is 10.7. The third-order valence-corrected chi connectivity index (χ3v) is 4.24. The van der Waals surface area contributed by atoms with Crippen molar-refractivity contribution in [2.24, 2.45) is 5.10 Å². The minimum absolute atomic E-state index is 0.375. The molecular weight excluding hydrogens is 396 g/mol. The van der Waals surface area contributed by atoms with Crippen molar-refractivity contribution in [2.45, 2.75) is 13.0 Å². The number of hydrogen-bond donors (Lipinski definition) is 2. The van der Waals surface area contributed by atoms with Crippen LogP contribution >= 0.6 is 0 Å². The summed E-state index contributed by atoms with van der Waals surface area (Å²) >= 11 is 0. The Kier molecular flexibility index (Phi) is 7.50. The molecule has 2 N–H and O–H groups in total. The normalized spacial score (nSPS) is 11.7. The Bertz CT molecular complexity index is 1030. The molecule has 0 radical (unpaired) electrons. The molecule has 158 valence electrons. The Hall–Kier alpha value is -3.97. The van der Waals surface area contributed by atoms with Gasteiger partial charge in [0.2, 0.25) is 0 Å². The van der Waals surface area contributed by atoms with Crippen molar-refractivity contribution in [3.05, 3.63) is 95.6 Å². The molecule has 3 aromatic carbocycles. The Morgan fingerprint density at radius 1 is 0.968 bits per heavy atom. The highest BCUT2D eigenvalue weighted by molar-refractivity contribution is 5.91. The first-order valence-electron chi connectivity index (χ1n) is 9.68. The number of hydrazone groups is 1. The Morgan fingerprint density at radius 3 is 2.26 bits per heavy atom. The molecule has 0 fully saturated rings. The van der Waals surface area contributed by atoms with E-state index in [0.717, 1.165) is 0 Å². The highest BCUT2D eigenvalue weighted by Crippen LogP contribution is 2.16. The van der Waals surface area contributed by atoms with Gasteiger partial charge in [0.15, 0.2) is 6.10 Å². The molecule has 0 aliphatic heterocycles. The van der Waals surface area contributed by atoms with Gasteiger partial charge >= 0.3 is 5.97 Å². The van der Waals surface area contributed by atoms with Crippen molar-refractivity contribution in [1.29, 1.82) is 0 Å². The van der Waals surface area contributed by atoms with E-state index in [4.69, 9.17) is 9.47 Å². The van der Waals surface area contributed by atoms with Crippen molar-refractivity contribution in [2.75, 3.05) is 6.61 Å². The number of ether oxygens (including phenoxy) is 2. The summed E-state index contributed by atoms with van der Waals surface area (Å²) in [7, 11) is 0. The summed E-state index contributed by atoms with van der Waals surface area (Å²) in [5.41, 5.74) is 3.86. The maximum Gasteiger partial charge on any atom is 0.343 e. The average Bonchev–Trinajstić information content (AvgIpc) is 2.81. The van der Waals surface area contributed by atoms with Crippen LogP contribution in [0.3, 0.4) is 0 Å². The molecule has 0 bridgehead atoms. The van der Waals surface area contributed by atoms with Crippen LogP contribution in [0.25, 0.3) is 0 Å². The Labute approximate surface area is 179 Å². The molecule has 1 amide bonds. The molecule has 0 unspecified atom stereocenters. The van der Waals surface area contributed by atoms with Crippen LogP contribution < -0.4 is 14.9 Å². The second-order valence-electron chi connectivity index (χ2n) is 6.46. The summed E-state index contributed by atoms with van der Waals surface area (Å²) in [6, 6.07) is 21.9. The molecule has 0 saturated carbocycles. The number of carbonyl (C=O) groups is 2. The van der Waals surface area contributed by atoms with Gasteiger partial charge in [-0.15, -0.1) is 0 Å². The fourth-order valence-electron chi connectivity index (χ4n) is 2.66. The predicted octanol–water partition coefficient (Wildman–Crippen LogP) is 3.49. The highest BCUT2D eigenvalue weighted by Gasteiger charge is 2.16. The maximum absolute atomic E-state index is 12.2. The van der Waals surface area contributed by atoms with E-state index in [-0.39, 0.29) is 0 Å². The van der Waals surface area contributed by atoms with E-state index in [1.54, 1.807) is 78.9 Å².